The van der Waals surface area contributed by atoms with Crippen molar-refractivity contribution in [2.24, 2.45) is 5.41 Å². The molecule has 5 heteroatoms. The highest BCUT2D eigenvalue weighted by Crippen LogP contribution is 2.35. The minimum atomic E-state index is -0.127. The standard InChI is InChI=1S/C17H17FN2.C7H14O.CH2O/c1-11-6-15(8-17-16(11)9-19-17)20-5-4-12-7-14(18)3-2-13(12)10-20;1-6(8)5-7(2,3)4;1-2/h2-3,6-8,19H,4-5,9-10H2,1H3;5H2,1-4H3;1H2. The largest absolute Gasteiger partial charge is 0.381 e. The van der Waals surface area contributed by atoms with Crippen LogP contribution in [0.15, 0.2) is 30.3 Å². The number of nitrogens with one attached hydrogen (secondary N) is 1. The average Bonchev–Trinajstić information content (AvgIpc) is 2.63. The monoisotopic (exact) mass is 412 g/mol. The number of rotatable bonds is 2. The van der Waals surface area contributed by atoms with Gasteiger partial charge in [0.1, 0.15) is 18.4 Å². The first-order valence-corrected chi connectivity index (χ1v) is 10.3. The Morgan fingerprint density at radius 1 is 1.17 bits per heavy atom. The lowest BCUT2D eigenvalue weighted by Crippen LogP contribution is -2.31. The molecule has 0 amide bonds. The Labute approximate surface area is 179 Å². The predicted molar refractivity (Wildman–Crippen MR) is 122 cm³/mol. The van der Waals surface area contributed by atoms with Gasteiger partial charge in [-0.15, -0.1) is 0 Å². The molecule has 0 fully saturated rings. The van der Waals surface area contributed by atoms with E-state index >= 15 is 0 Å². The fourth-order valence-electron chi connectivity index (χ4n) is 3.94. The molecule has 0 unspecified atom stereocenters. The fraction of sp³-hybridized carbons (Fsp3) is 0.440. The quantitative estimate of drug-likeness (QED) is 0.713. The fourth-order valence-corrected chi connectivity index (χ4v) is 3.94. The number of nitrogens with zero attached hydrogens (tertiary/aromatic N) is 1. The van der Waals surface area contributed by atoms with Gasteiger partial charge < -0.3 is 19.8 Å². The number of carbonyl (C=O) groups is 2. The van der Waals surface area contributed by atoms with Crippen LogP contribution in [0.5, 0.6) is 0 Å². The maximum atomic E-state index is 13.3. The van der Waals surface area contributed by atoms with Gasteiger partial charge >= 0.3 is 0 Å². The third-order valence-electron chi connectivity index (χ3n) is 5.24. The van der Waals surface area contributed by atoms with Crippen LogP contribution in [0.2, 0.25) is 0 Å². The smallest absolute Gasteiger partial charge is 0.130 e. The van der Waals surface area contributed by atoms with Gasteiger partial charge in [-0.2, -0.15) is 0 Å². The molecule has 0 aromatic heterocycles. The normalized spacial score (nSPS) is 13.9. The van der Waals surface area contributed by atoms with E-state index in [9.17, 15) is 9.18 Å². The van der Waals surface area contributed by atoms with Gasteiger partial charge in [-0.05, 0) is 72.2 Å². The number of Topliss-reactive ketones (excluding diaryl/α,β-unsaturated/α-hetero) is 1. The number of halogens is 1. The molecule has 0 bridgehead atoms. The highest BCUT2D eigenvalue weighted by molar-refractivity contribution is 5.76. The summed E-state index contributed by atoms with van der Waals surface area (Å²) in [6, 6.07) is 9.67. The number of aryl methyl sites for hydroxylation is 1. The Bertz CT molecular complexity index is 886. The summed E-state index contributed by atoms with van der Waals surface area (Å²) < 4.78 is 13.3. The number of anilines is 2. The Balaban J connectivity index is 0.000000274. The number of carbonyl (C=O) groups excluding carboxylic acids is 2. The van der Waals surface area contributed by atoms with Crippen molar-refractivity contribution < 1.29 is 14.0 Å². The molecule has 0 spiro atoms. The van der Waals surface area contributed by atoms with E-state index in [1.807, 2.05) is 12.9 Å². The van der Waals surface area contributed by atoms with Crippen molar-refractivity contribution in [1.82, 2.24) is 0 Å². The summed E-state index contributed by atoms with van der Waals surface area (Å²) in [4.78, 5) is 20.8. The van der Waals surface area contributed by atoms with Gasteiger partial charge in [-0.25, -0.2) is 4.39 Å². The summed E-state index contributed by atoms with van der Waals surface area (Å²) >= 11 is 0. The number of ketones is 1. The van der Waals surface area contributed by atoms with Crippen LogP contribution in [0.1, 0.15) is 56.4 Å². The average molecular weight is 413 g/mol. The molecule has 0 aliphatic carbocycles. The van der Waals surface area contributed by atoms with Crippen LogP contribution < -0.4 is 10.2 Å². The van der Waals surface area contributed by atoms with Crippen molar-refractivity contribution in [1.29, 1.82) is 0 Å². The van der Waals surface area contributed by atoms with Gasteiger partial charge in [-0.3, -0.25) is 0 Å². The van der Waals surface area contributed by atoms with Gasteiger partial charge in [0.15, 0.2) is 0 Å². The zero-order valence-electron chi connectivity index (χ0n) is 18.8. The Kier molecular flexibility index (Phi) is 7.77. The first kappa shape index (κ1) is 23.6. The summed E-state index contributed by atoms with van der Waals surface area (Å²) in [6.45, 7) is 14.8. The highest BCUT2D eigenvalue weighted by Gasteiger charge is 2.21. The van der Waals surface area contributed by atoms with E-state index in [4.69, 9.17) is 4.79 Å². The molecule has 4 nitrogen and oxygen atoms in total. The maximum Gasteiger partial charge on any atom is 0.130 e. The lowest BCUT2D eigenvalue weighted by molar-refractivity contribution is -0.118. The molecule has 2 aliphatic rings. The van der Waals surface area contributed by atoms with Crippen LogP contribution in [0.25, 0.3) is 0 Å². The zero-order chi connectivity index (χ0) is 22.5. The van der Waals surface area contributed by atoms with E-state index < -0.39 is 0 Å². The second-order valence-corrected chi connectivity index (χ2v) is 9.17. The third-order valence-corrected chi connectivity index (χ3v) is 5.24. The zero-order valence-corrected chi connectivity index (χ0v) is 18.8. The lowest BCUT2D eigenvalue weighted by atomic mass is 9.91. The number of hydrogen-bond donors (Lipinski definition) is 1. The van der Waals surface area contributed by atoms with Gasteiger partial charge in [0.2, 0.25) is 0 Å². The van der Waals surface area contributed by atoms with E-state index in [-0.39, 0.29) is 17.0 Å². The molecule has 162 valence electrons. The molecule has 4 rings (SSSR count). The molecule has 2 aliphatic heterocycles. The molecule has 2 heterocycles. The van der Waals surface area contributed by atoms with Crippen molar-refractivity contribution >= 4 is 23.9 Å². The molecule has 1 N–H and O–H groups in total. The molecule has 0 saturated carbocycles. The highest BCUT2D eigenvalue weighted by atomic mass is 19.1. The first-order chi connectivity index (χ1) is 14.1. The van der Waals surface area contributed by atoms with Gasteiger partial charge in [-0.1, -0.05) is 26.8 Å². The van der Waals surface area contributed by atoms with Crippen molar-refractivity contribution in [2.75, 3.05) is 16.8 Å². The Morgan fingerprint density at radius 3 is 2.37 bits per heavy atom. The second kappa shape index (κ2) is 9.88. The molecule has 0 saturated heterocycles. The summed E-state index contributed by atoms with van der Waals surface area (Å²) in [5.41, 5.74) is 7.90. The van der Waals surface area contributed by atoms with Crippen LogP contribution in [-0.4, -0.2) is 19.1 Å². The number of fused-ring (bicyclic) bond motifs is 2. The van der Waals surface area contributed by atoms with Crippen molar-refractivity contribution in [3.63, 3.8) is 0 Å². The molecular weight excluding hydrogens is 379 g/mol. The molecule has 2 aromatic carbocycles. The third kappa shape index (κ3) is 6.15. The van der Waals surface area contributed by atoms with E-state index in [0.717, 1.165) is 31.6 Å². The molecular formula is C25H33FN2O2. The summed E-state index contributed by atoms with van der Waals surface area (Å²) in [5.74, 6) is 0.149. The van der Waals surface area contributed by atoms with Crippen LogP contribution in [-0.2, 0) is 29.1 Å². The predicted octanol–water partition coefficient (Wildman–Crippen LogP) is 5.45. The van der Waals surface area contributed by atoms with Crippen molar-refractivity contribution in [3.8, 4) is 0 Å². The van der Waals surface area contributed by atoms with E-state index in [1.165, 1.54) is 28.1 Å². The van der Waals surface area contributed by atoms with Crippen LogP contribution in [0.4, 0.5) is 15.8 Å². The molecule has 0 radical (unpaired) electrons. The van der Waals surface area contributed by atoms with E-state index in [0.29, 0.717) is 6.42 Å². The Hall–Kier alpha value is -2.69. The van der Waals surface area contributed by atoms with Gasteiger partial charge in [0.05, 0.1) is 0 Å². The van der Waals surface area contributed by atoms with E-state index in [1.54, 1.807) is 19.1 Å². The second-order valence-electron chi connectivity index (χ2n) is 9.17. The summed E-state index contributed by atoms with van der Waals surface area (Å²) in [6.07, 6.45) is 1.60. The van der Waals surface area contributed by atoms with Gasteiger partial charge in [0.25, 0.3) is 0 Å². The lowest BCUT2D eigenvalue weighted by Gasteiger charge is -2.33. The van der Waals surface area contributed by atoms with Crippen molar-refractivity contribution in [2.45, 2.75) is 60.5 Å². The molecule has 30 heavy (non-hydrogen) atoms. The topological polar surface area (TPSA) is 49.4 Å². The number of hydrogen-bond acceptors (Lipinski definition) is 4. The molecule has 2 aromatic rings. The minimum Gasteiger partial charge on any atom is -0.381 e. The van der Waals surface area contributed by atoms with Crippen LogP contribution in [0, 0.1) is 18.2 Å². The SMILES string of the molecule is C=O.CC(=O)CC(C)(C)C.Cc1cc(N2CCc3cc(F)ccc3C2)cc2c1CN2. The van der Waals surface area contributed by atoms with Crippen molar-refractivity contribution in [3.05, 3.63) is 58.4 Å². The summed E-state index contributed by atoms with van der Waals surface area (Å²) in [7, 11) is 0. The van der Waals surface area contributed by atoms with Crippen LogP contribution >= 0.6 is 0 Å². The summed E-state index contributed by atoms with van der Waals surface area (Å²) in [5, 5.41) is 3.36. The van der Waals surface area contributed by atoms with Gasteiger partial charge in [0, 0.05) is 37.4 Å². The first-order valence-electron chi connectivity index (χ1n) is 10.3. The molecule has 0 atom stereocenters. The Morgan fingerprint density at radius 2 is 1.87 bits per heavy atom. The number of benzene rings is 2. The van der Waals surface area contributed by atoms with Crippen LogP contribution in [0.3, 0.4) is 0 Å². The maximum absolute atomic E-state index is 13.3. The van der Waals surface area contributed by atoms with E-state index in [2.05, 4.69) is 50.0 Å². The minimum absolute atomic E-state index is 0.127.